The third-order valence-corrected chi connectivity index (χ3v) is 2.98. The molecule has 0 spiro atoms. The fourth-order valence-corrected chi connectivity index (χ4v) is 1.98. The van der Waals surface area contributed by atoms with E-state index in [1.165, 1.54) is 12.1 Å². The highest BCUT2D eigenvalue weighted by Gasteiger charge is 2.06. The summed E-state index contributed by atoms with van der Waals surface area (Å²) in [4.78, 5) is 0. The molecule has 0 radical (unpaired) electrons. The molecule has 0 unspecified atom stereocenters. The fourth-order valence-electron chi connectivity index (χ4n) is 1.98. The first-order valence-electron chi connectivity index (χ1n) is 6.64. The fraction of sp³-hybridized carbons (Fsp3) is 0.125. The van der Waals surface area contributed by atoms with Gasteiger partial charge >= 0.3 is 0 Å². The Balaban J connectivity index is 1.60. The molecule has 0 aliphatic carbocycles. The third kappa shape index (κ3) is 3.66. The van der Waals surface area contributed by atoms with Crippen LogP contribution in [0.25, 0.3) is 0 Å². The lowest BCUT2D eigenvalue weighted by Crippen LogP contribution is -1.99. The van der Waals surface area contributed by atoms with Crippen LogP contribution in [0.3, 0.4) is 0 Å². The highest BCUT2D eigenvalue weighted by Crippen LogP contribution is 2.12. The van der Waals surface area contributed by atoms with E-state index in [1.807, 2.05) is 30.3 Å². The summed E-state index contributed by atoms with van der Waals surface area (Å²) < 4.78 is 18.6. The van der Waals surface area contributed by atoms with E-state index in [1.54, 1.807) is 12.1 Å². The van der Waals surface area contributed by atoms with Gasteiger partial charge in [0.2, 0.25) is 11.8 Å². The van der Waals surface area contributed by atoms with Crippen molar-refractivity contribution in [1.82, 2.24) is 10.2 Å². The molecule has 0 saturated carbocycles. The summed E-state index contributed by atoms with van der Waals surface area (Å²) in [6.07, 6.45) is 0.605. The Morgan fingerprint density at radius 2 is 1.76 bits per heavy atom. The zero-order valence-electron chi connectivity index (χ0n) is 11.3. The zero-order chi connectivity index (χ0) is 14.5. The average molecular weight is 283 g/mol. The number of benzene rings is 2. The van der Waals surface area contributed by atoms with Gasteiger partial charge in [-0.2, -0.15) is 0 Å². The summed E-state index contributed by atoms with van der Waals surface area (Å²) in [5.74, 6) is 0.762. The van der Waals surface area contributed by atoms with Gasteiger partial charge in [0.05, 0.1) is 13.0 Å². The molecule has 1 aromatic heterocycles. The number of hydrogen-bond donors (Lipinski definition) is 1. The van der Waals surface area contributed by atoms with Gasteiger partial charge in [0.1, 0.15) is 5.82 Å². The number of nitrogens with zero attached hydrogens (tertiary/aromatic N) is 2. The lowest BCUT2D eigenvalue weighted by Gasteiger charge is -2.02. The molecule has 0 saturated heterocycles. The monoisotopic (exact) mass is 283 g/mol. The first kappa shape index (κ1) is 13.3. The summed E-state index contributed by atoms with van der Waals surface area (Å²) in [6.45, 7) is 0.366. The van der Waals surface area contributed by atoms with Crippen molar-refractivity contribution in [1.29, 1.82) is 0 Å². The smallest absolute Gasteiger partial charge is 0.235 e. The molecule has 0 aliphatic heterocycles. The lowest BCUT2D eigenvalue weighted by atomic mass is 10.2. The highest BCUT2D eigenvalue weighted by molar-refractivity contribution is 5.42. The maximum Gasteiger partial charge on any atom is 0.235 e. The van der Waals surface area contributed by atoms with Crippen molar-refractivity contribution in [3.05, 3.63) is 77.8 Å². The van der Waals surface area contributed by atoms with Crippen LogP contribution in [0.1, 0.15) is 17.3 Å². The molecule has 5 heteroatoms. The molecule has 1 heterocycles. The Labute approximate surface area is 121 Å². The van der Waals surface area contributed by atoms with Crippen LogP contribution in [0, 0.1) is 5.82 Å². The Hall–Kier alpha value is -2.69. The number of anilines is 1. The van der Waals surface area contributed by atoms with Crippen LogP contribution in [-0.2, 0) is 13.0 Å². The Kier molecular flexibility index (Phi) is 3.91. The van der Waals surface area contributed by atoms with E-state index in [0.29, 0.717) is 30.4 Å². The Morgan fingerprint density at radius 1 is 0.952 bits per heavy atom. The van der Waals surface area contributed by atoms with Crippen LogP contribution in [-0.4, -0.2) is 10.2 Å². The highest BCUT2D eigenvalue weighted by atomic mass is 19.1. The maximum absolute atomic E-state index is 13.0. The van der Waals surface area contributed by atoms with Gasteiger partial charge < -0.3 is 9.73 Å². The molecular formula is C16H14FN3O. The van der Waals surface area contributed by atoms with Gasteiger partial charge in [-0.3, -0.25) is 0 Å². The van der Waals surface area contributed by atoms with Crippen LogP contribution < -0.4 is 5.32 Å². The number of nitrogens with one attached hydrogen (secondary N) is 1. The first-order chi connectivity index (χ1) is 10.3. The van der Waals surface area contributed by atoms with Crippen molar-refractivity contribution in [3.63, 3.8) is 0 Å². The van der Waals surface area contributed by atoms with Crippen molar-refractivity contribution in [2.45, 2.75) is 13.0 Å². The standard InChI is InChI=1S/C16H14FN3O/c17-13-7-4-8-14(10-13)18-11-16-20-19-15(21-16)9-12-5-2-1-3-6-12/h1-8,10,18H,9,11H2. The summed E-state index contributed by atoms with van der Waals surface area (Å²) in [6, 6.07) is 16.2. The zero-order valence-corrected chi connectivity index (χ0v) is 11.3. The average Bonchev–Trinajstić information content (AvgIpc) is 2.94. The second-order valence-corrected chi connectivity index (χ2v) is 4.62. The van der Waals surface area contributed by atoms with Crippen molar-refractivity contribution >= 4 is 5.69 Å². The van der Waals surface area contributed by atoms with Crippen molar-refractivity contribution in [2.24, 2.45) is 0 Å². The van der Waals surface area contributed by atoms with E-state index in [-0.39, 0.29) is 5.82 Å². The van der Waals surface area contributed by atoms with Crippen LogP contribution in [0.15, 0.2) is 59.0 Å². The second kappa shape index (κ2) is 6.17. The largest absolute Gasteiger partial charge is 0.423 e. The molecule has 0 atom stereocenters. The molecule has 4 nitrogen and oxygen atoms in total. The van der Waals surface area contributed by atoms with Gasteiger partial charge in [-0.05, 0) is 23.8 Å². The van der Waals surface area contributed by atoms with E-state index in [0.717, 1.165) is 5.56 Å². The van der Waals surface area contributed by atoms with Gasteiger partial charge in [0, 0.05) is 5.69 Å². The minimum absolute atomic E-state index is 0.282. The van der Waals surface area contributed by atoms with E-state index < -0.39 is 0 Å². The summed E-state index contributed by atoms with van der Waals surface area (Å²) in [5.41, 5.74) is 1.79. The summed E-state index contributed by atoms with van der Waals surface area (Å²) in [7, 11) is 0. The molecule has 21 heavy (non-hydrogen) atoms. The van der Waals surface area contributed by atoms with Gasteiger partial charge in [0.15, 0.2) is 0 Å². The molecule has 0 aliphatic rings. The summed E-state index contributed by atoms with van der Waals surface area (Å²) >= 11 is 0. The SMILES string of the molecule is Fc1cccc(NCc2nnc(Cc3ccccc3)o2)c1. The molecular weight excluding hydrogens is 269 g/mol. The van der Waals surface area contributed by atoms with Crippen LogP contribution in [0.5, 0.6) is 0 Å². The molecule has 0 fully saturated rings. The van der Waals surface area contributed by atoms with E-state index >= 15 is 0 Å². The second-order valence-electron chi connectivity index (χ2n) is 4.62. The van der Waals surface area contributed by atoms with Gasteiger partial charge in [-0.1, -0.05) is 36.4 Å². The molecule has 2 aromatic carbocycles. The molecule has 3 rings (SSSR count). The minimum Gasteiger partial charge on any atom is -0.423 e. The van der Waals surface area contributed by atoms with Gasteiger partial charge in [-0.15, -0.1) is 10.2 Å². The quantitative estimate of drug-likeness (QED) is 0.779. The molecule has 1 N–H and O–H groups in total. The summed E-state index contributed by atoms with van der Waals surface area (Å²) in [5, 5.41) is 11.0. The van der Waals surface area contributed by atoms with Gasteiger partial charge in [-0.25, -0.2) is 4.39 Å². The maximum atomic E-state index is 13.0. The van der Waals surface area contributed by atoms with E-state index in [9.17, 15) is 4.39 Å². The predicted molar refractivity (Wildman–Crippen MR) is 77.3 cm³/mol. The van der Waals surface area contributed by atoms with E-state index in [4.69, 9.17) is 4.42 Å². The lowest BCUT2D eigenvalue weighted by molar-refractivity contribution is 0.464. The van der Waals surface area contributed by atoms with E-state index in [2.05, 4.69) is 15.5 Å². The minimum atomic E-state index is -0.282. The molecule has 0 amide bonds. The number of halogens is 1. The predicted octanol–water partition coefficient (Wildman–Crippen LogP) is 3.41. The normalized spacial score (nSPS) is 10.5. The number of hydrogen-bond acceptors (Lipinski definition) is 4. The Bertz CT molecular complexity index is 712. The number of rotatable bonds is 5. The molecule has 0 bridgehead atoms. The van der Waals surface area contributed by atoms with Crippen molar-refractivity contribution in [2.75, 3.05) is 5.32 Å². The molecule has 3 aromatic rings. The first-order valence-corrected chi connectivity index (χ1v) is 6.64. The van der Waals surface area contributed by atoms with Crippen LogP contribution >= 0.6 is 0 Å². The number of aromatic nitrogens is 2. The van der Waals surface area contributed by atoms with Crippen LogP contribution in [0.2, 0.25) is 0 Å². The third-order valence-electron chi connectivity index (χ3n) is 2.98. The topological polar surface area (TPSA) is 51.0 Å². The Morgan fingerprint density at radius 3 is 2.57 bits per heavy atom. The molecule has 106 valence electrons. The van der Waals surface area contributed by atoms with Gasteiger partial charge in [0.25, 0.3) is 0 Å². The van der Waals surface area contributed by atoms with Crippen molar-refractivity contribution in [3.8, 4) is 0 Å². The van der Waals surface area contributed by atoms with Crippen molar-refractivity contribution < 1.29 is 8.81 Å². The van der Waals surface area contributed by atoms with Crippen LogP contribution in [0.4, 0.5) is 10.1 Å².